The van der Waals surface area contributed by atoms with Gasteiger partial charge in [-0.05, 0) is 24.3 Å². The van der Waals surface area contributed by atoms with Crippen molar-refractivity contribution in [3.63, 3.8) is 0 Å². The molecule has 2 heterocycles. The molecule has 0 aliphatic carbocycles. The van der Waals surface area contributed by atoms with Gasteiger partial charge in [-0.1, -0.05) is 0 Å². The fourth-order valence-electron chi connectivity index (χ4n) is 2.25. The summed E-state index contributed by atoms with van der Waals surface area (Å²) < 4.78 is 10.6. The van der Waals surface area contributed by atoms with Crippen LogP contribution in [-0.2, 0) is 0 Å². The molecule has 0 bridgehead atoms. The van der Waals surface area contributed by atoms with Gasteiger partial charge in [0.15, 0.2) is 0 Å². The molecular formula is C13H13NO3. The number of hydrogen-bond acceptors (Lipinski definition) is 4. The molecule has 4 nitrogen and oxygen atoms in total. The Morgan fingerprint density at radius 3 is 2.88 bits per heavy atom. The van der Waals surface area contributed by atoms with Crippen LogP contribution in [0.3, 0.4) is 0 Å². The molecule has 0 fully saturated rings. The van der Waals surface area contributed by atoms with Crippen LogP contribution in [0.15, 0.2) is 34.9 Å². The maximum Gasteiger partial charge on any atom is 0.205 e. The van der Waals surface area contributed by atoms with Crippen molar-refractivity contribution in [3.05, 3.63) is 41.7 Å². The third kappa shape index (κ3) is 1.34. The molecule has 2 aromatic rings. The number of fused-ring (bicyclic) bond motifs is 2. The Morgan fingerprint density at radius 1 is 1.29 bits per heavy atom. The van der Waals surface area contributed by atoms with Crippen LogP contribution in [0.5, 0.6) is 5.75 Å². The van der Waals surface area contributed by atoms with Crippen molar-refractivity contribution >= 4 is 11.6 Å². The molecule has 1 N–H and O–H groups in total. The molecule has 88 valence electrons. The predicted octanol–water partition coefficient (Wildman–Crippen LogP) is 2.45. The van der Waals surface area contributed by atoms with Crippen LogP contribution < -0.4 is 9.64 Å². The minimum absolute atomic E-state index is 0.662. The Kier molecular flexibility index (Phi) is 2.12. The second-order valence-corrected chi connectivity index (χ2v) is 4.07. The quantitative estimate of drug-likeness (QED) is 0.818. The van der Waals surface area contributed by atoms with E-state index in [1.807, 2.05) is 30.1 Å². The maximum atomic E-state index is 10.3. The van der Waals surface area contributed by atoms with Gasteiger partial charge in [0.1, 0.15) is 11.9 Å². The summed E-state index contributed by atoms with van der Waals surface area (Å²) in [5.41, 5.74) is 2.55. The smallest absolute Gasteiger partial charge is 0.205 e. The third-order valence-electron chi connectivity index (χ3n) is 3.16. The number of benzene rings is 1. The number of methoxy groups -OCH3 is 1. The van der Waals surface area contributed by atoms with E-state index in [1.165, 1.54) is 0 Å². The van der Waals surface area contributed by atoms with Crippen molar-refractivity contribution in [1.29, 1.82) is 0 Å². The SMILES string of the molecule is COc1ccc2c(c1)C(O)c1ccoc1N2C. The summed E-state index contributed by atoms with van der Waals surface area (Å²) in [6, 6.07) is 7.43. The molecule has 1 aromatic heterocycles. The van der Waals surface area contributed by atoms with Crippen LogP contribution in [0.25, 0.3) is 0 Å². The van der Waals surface area contributed by atoms with Crippen molar-refractivity contribution in [1.82, 2.24) is 0 Å². The van der Waals surface area contributed by atoms with Crippen LogP contribution in [0, 0.1) is 0 Å². The molecule has 1 aromatic carbocycles. The van der Waals surface area contributed by atoms with Gasteiger partial charge in [0.25, 0.3) is 0 Å². The minimum atomic E-state index is -0.662. The van der Waals surface area contributed by atoms with Crippen LogP contribution in [0.1, 0.15) is 17.2 Å². The first-order valence-corrected chi connectivity index (χ1v) is 5.39. The molecular weight excluding hydrogens is 218 g/mol. The number of anilines is 2. The number of aliphatic hydroxyl groups excluding tert-OH is 1. The van der Waals surface area contributed by atoms with E-state index in [2.05, 4.69) is 0 Å². The van der Waals surface area contributed by atoms with Crippen molar-refractivity contribution in [2.75, 3.05) is 19.1 Å². The predicted molar refractivity (Wildman–Crippen MR) is 63.8 cm³/mol. The fourth-order valence-corrected chi connectivity index (χ4v) is 2.25. The number of hydrogen-bond donors (Lipinski definition) is 1. The molecule has 1 aliphatic heterocycles. The number of ether oxygens (including phenoxy) is 1. The summed E-state index contributed by atoms with van der Waals surface area (Å²) in [6.45, 7) is 0. The van der Waals surface area contributed by atoms with Gasteiger partial charge in [-0.3, -0.25) is 0 Å². The molecule has 0 saturated carbocycles. The van der Waals surface area contributed by atoms with Gasteiger partial charge in [0.05, 0.1) is 13.4 Å². The number of nitrogens with zero attached hydrogens (tertiary/aromatic N) is 1. The second kappa shape index (κ2) is 3.53. The normalized spacial score (nSPS) is 17.6. The molecule has 0 saturated heterocycles. The molecule has 4 heteroatoms. The Balaban J connectivity index is 2.19. The van der Waals surface area contributed by atoms with Crippen LogP contribution in [0.4, 0.5) is 11.6 Å². The molecule has 1 aliphatic rings. The number of aliphatic hydroxyl groups is 1. The van der Waals surface area contributed by atoms with E-state index in [0.717, 1.165) is 22.6 Å². The largest absolute Gasteiger partial charge is 0.497 e. The number of furan rings is 1. The van der Waals surface area contributed by atoms with Crippen molar-refractivity contribution < 1.29 is 14.3 Å². The standard InChI is InChI=1S/C13H13NO3/c1-14-11-4-3-8(16-2)7-10(11)12(15)9-5-6-17-13(9)14/h3-7,12,15H,1-2H3. The lowest BCUT2D eigenvalue weighted by molar-refractivity contribution is 0.217. The van der Waals surface area contributed by atoms with E-state index in [0.29, 0.717) is 5.88 Å². The molecule has 0 spiro atoms. The first-order chi connectivity index (χ1) is 8.22. The summed E-state index contributed by atoms with van der Waals surface area (Å²) in [4.78, 5) is 1.93. The zero-order valence-corrected chi connectivity index (χ0v) is 9.68. The Morgan fingerprint density at radius 2 is 2.12 bits per heavy atom. The lowest BCUT2D eigenvalue weighted by Crippen LogP contribution is -2.20. The average Bonchev–Trinajstić information content (AvgIpc) is 2.85. The molecule has 1 unspecified atom stereocenters. The van der Waals surface area contributed by atoms with Gasteiger partial charge in [-0.25, -0.2) is 0 Å². The van der Waals surface area contributed by atoms with E-state index >= 15 is 0 Å². The molecule has 0 amide bonds. The summed E-state index contributed by atoms with van der Waals surface area (Å²) in [7, 11) is 3.53. The molecule has 1 atom stereocenters. The first-order valence-electron chi connectivity index (χ1n) is 5.39. The first kappa shape index (κ1) is 10.2. The van der Waals surface area contributed by atoms with E-state index in [1.54, 1.807) is 19.4 Å². The summed E-state index contributed by atoms with van der Waals surface area (Å²) in [5, 5.41) is 10.3. The van der Waals surface area contributed by atoms with E-state index < -0.39 is 6.10 Å². The van der Waals surface area contributed by atoms with Gasteiger partial charge in [-0.2, -0.15) is 0 Å². The lowest BCUT2D eigenvalue weighted by Gasteiger charge is -2.29. The van der Waals surface area contributed by atoms with Gasteiger partial charge in [0.2, 0.25) is 5.88 Å². The van der Waals surface area contributed by atoms with Crippen molar-refractivity contribution in [2.45, 2.75) is 6.10 Å². The Hall–Kier alpha value is -1.94. The topological polar surface area (TPSA) is 45.8 Å². The van der Waals surface area contributed by atoms with Gasteiger partial charge in [0, 0.05) is 23.9 Å². The van der Waals surface area contributed by atoms with Crippen LogP contribution >= 0.6 is 0 Å². The van der Waals surface area contributed by atoms with Gasteiger partial charge < -0.3 is 19.2 Å². The third-order valence-corrected chi connectivity index (χ3v) is 3.16. The van der Waals surface area contributed by atoms with Crippen LogP contribution in [0.2, 0.25) is 0 Å². The minimum Gasteiger partial charge on any atom is -0.497 e. The fraction of sp³-hybridized carbons (Fsp3) is 0.231. The summed E-state index contributed by atoms with van der Waals surface area (Å²) in [6.07, 6.45) is 0.929. The highest BCUT2D eigenvalue weighted by Crippen LogP contribution is 2.44. The summed E-state index contributed by atoms with van der Waals surface area (Å²) in [5.74, 6) is 1.43. The molecule has 17 heavy (non-hydrogen) atoms. The maximum absolute atomic E-state index is 10.3. The van der Waals surface area contributed by atoms with E-state index in [-0.39, 0.29) is 0 Å². The highest BCUT2D eigenvalue weighted by atomic mass is 16.5. The zero-order valence-electron chi connectivity index (χ0n) is 9.68. The highest BCUT2D eigenvalue weighted by molar-refractivity contribution is 5.72. The second-order valence-electron chi connectivity index (χ2n) is 4.07. The Bertz CT molecular complexity index is 562. The monoisotopic (exact) mass is 231 g/mol. The van der Waals surface area contributed by atoms with Crippen molar-refractivity contribution in [2.24, 2.45) is 0 Å². The highest BCUT2D eigenvalue weighted by Gasteiger charge is 2.30. The average molecular weight is 231 g/mol. The molecule has 3 rings (SSSR count). The van der Waals surface area contributed by atoms with E-state index in [4.69, 9.17) is 9.15 Å². The number of rotatable bonds is 1. The van der Waals surface area contributed by atoms with E-state index in [9.17, 15) is 5.11 Å². The van der Waals surface area contributed by atoms with Gasteiger partial charge >= 0.3 is 0 Å². The summed E-state index contributed by atoms with van der Waals surface area (Å²) >= 11 is 0. The zero-order chi connectivity index (χ0) is 12.0. The molecule has 0 radical (unpaired) electrons. The van der Waals surface area contributed by atoms with Gasteiger partial charge in [-0.15, -0.1) is 0 Å². The van der Waals surface area contributed by atoms with Crippen LogP contribution in [-0.4, -0.2) is 19.3 Å². The van der Waals surface area contributed by atoms with Crippen molar-refractivity contribution in [3.8, 4) is 5.75 Å². The lowest BCUT2D eigenvalue weighted by atomic mass is 9.97. The Labute approximate surface area is 99.0 Å².